The molecule has 0 fully saturated rings. The third-order valence-electron chi connectivity index (χ3n) is 11.3. The molecule has 0 N–H and O–H groups in total. The van der Waals surface area contributed by atoms with E-state index in [1.165, 1.54) is 66.6 Å². The van der Waals surface area contributed by atoms with Crippen LogP contribution >= 0.6 is 0 Å². The summed E-state index contributed by atoms with van der Waals surface area (Å²) < 4.78 is 6.74. The lowest BCUT2D eigenvalue weighted by Crippen LogP contribution is -2.26. The van der Waals surface area contributed by atoms with E-state index in [9.17, 15) is 0 Å². The molecule has 248 valence electrons. The molecular formula is C51H33NO. The van der Waals surface area contributed by atoms with E-state index < -0.39 is 5.41 Å². The van der Waals surface area contributed by atoms with Gasteiger partial charge in [-0.15, -0.1) is 0 Å². The van der Waals surface area contributed by atoms with E-state index in [-0.39, 0.29) is 0 Å². The van der Waals surface area contributed by atoms with Gasteiger partial charge in [-0.3, -0.25) is 0 Å². The summed E-state index contributed by atoms with van der Waals surface area (Å²) in [6, 6.07) is 72.4. The summed E-state index contributed by atoms with van der Waals surface area (Å²) >= 11 is 0. The number of hydrogen-bond donors (Lipinski definition) is 0. The van der Waals surface area contributed by atoms with Crippen LogP contribution in [0.5, 0.6) is 0 Å². The zero-order valence-electron chi connectivity index (χ0n) is 28.9. The van der Waals surface area contributed by atoms with Crippen molar-refractivity contribution in [3.63, 3.8) is 0 Å². The van der Waals surface area contributed by atoms with Gasteiger partial charge in [-0.25, -0.2) is 0 Å². The first-order chi connectivity index (χ1) is 26.3. The average molecular weight is 676 g/mol. The normalized spacial score (nSPS) is 14.9. The second-order valence-electron chi connectivity index (χ2n) is 14.0. The summed E-state index contributed by atoms with van der Waals surface area (Å²) in [6.45, 7) is 0. The summed E-state index contributed by atoms with van der Waals surface area (Å²) in [5.74, 6) is 0.974. The van der Waals surface area contributed by atoms with Crippen molar-refractivity contribution >= 4 is 28.0 Å². The van der Waals surface area contributed by atoms with Gasteiger partial charge in [0.1, 0.15) is 11.3 Å². The van der Waals surface area contributed by atoms with Crippen molar-refractivity contribution < 1.29 is 4.42 Å². The zero-order chi connectivity index (χ0) is 34.9. The van der Waals surface area contributed by atoms with Crippen LogP contribution in [0.4, 0.5) is 17.1 Å². The van der Waals surface area contributed by atoms with Crippen molar-refractivity contribution in [2.75, 3.05) is 4.90 Å². The maximum absolute atomic E-state index is 6.74. The molecule has 0 aliphatic heterocycles. The Hall–Kier alpha value is -6.90. The molecule has 2 aliphatic rings. The summed E-state index contributed by atoms with van der Waals surface area (Å²) in [5, 5.41) is 1.17. The van der Waals surface area contributed by atoms with Crippen molar-refractivity contribution in [1.82, 2.24) is 0 Å². The van der Waals surface area contributed by atoms with Gasteiger partial charge >= 0.3 is 0 Å². The van der Waals surface area contributed by atoms with E-state index in [1.807, 2.05) is 0 Å². The fourth-order valence-corrected chi connectivity index (χ4v) is 9.10. The minimum absolute atomic E-state index is 0.515. The first kappa shape index (κ1) is 29.8. The molecule has 2 nitrogen and oxygen atoms in total. The Labute approximate surface area is 308 Å². The second kappa shape index (κ2) is 11.6. The highest BCUT2D eigenvalue weighted by molar-refractivity contribution is 6.05. The number of rotatable bonds is 5. The molecule has 0 amide bonds. The largest absolute Gasteiger partial charge is 0.456 e. The fraction of sp³-hybridized carbons (Fsp3) is 0.0196. The minimum atomic E-state index is -0.515. The Morgan fingerprint density at radius 3 is 1.60 bits per heavy atom. The van der Waals surface area contributed by atoms with Crippen LogP contribution in [0.2, 0.25) is 0 Å². The molecule has 1 aromatic heterocycles. The quantitative estimate of drug-likeness (QED) is 0.181. The van der Waals surface area contributed by atoms with Crippen molar-refractivity contribution in [3.05, 3.63) is 222 Å². The molecule has 2 aliphatic carbocycles. The molecule has 0 radical (unpaired) electrons. The van der Waals surface area contributed by atoms with Gasteiger partial charge < -0.3 is 9.32 Å². The highest BCUT2D eigenvalue weighted by Crippen LogP contribution is 2.66. The number of nitrogens with zero attached hydrogens (tertiary/aromatic N) is 1. The third kappa shape index (κ3) is 4.27. The standard InChI is InChI=1S/C51H33NO/c1-3-14-34(15-4-1)35-26-28-36(29-27-35)37-30-32-39(33-31-37)52(38-16-5-2-6-17-38)46-24-13-23-45-48(46)40-18-7-10-21-43(40)51(45)44-22-11-8-19-41(44)50-49(51)42-20-9-12-25-47(42)53-50/h1-33H. The Kier molecular flexibility index (Phi) is 6.50. The SMILES string of the molecule is c1ccc(-c2ccc(-c3ccc(N(c4ccccc4)c4cccc5c4-c4ccccc4C54c5ccccc5-c5oc6ccccc6c54)cc3)cc2)cc1. The van der Waals surface area contributed by atoms with Gasteiger partial charge in [-0.1, -0.05) is 164 Å². The van der Waals surface area contributed by atoms with Crippen LogP contribution in [-0.4, -0.2) is 0 Å². The van der Waals surface area contributed by atoms with Gasteiger partial charge in [-0.2, -0.15) is 0 Å². The number of furan rings is 1. The number of anilines is 3. The molecule has 0 saturated heterocycles. The Morgan fingerprint density at radius 1 is 0.377 bits per heavy atom. The van der Waals surface area contributed by atoms with Crippen LogP contribution in [0.1, 0.15) is 22.3 Å². The zero-order valence-corrected chi connectivity index (χ0v) is 28.9. The molecule has 9 aromatic rings. The van der Waals surface area contributed by atoms with E-state index in [4.69, 9.17) is 4.42 Å². The maximum Gasteiger partial charge on any atom is 0.140 e. The Morgan fingerprint density at radius 2 is 0.887 bits per heavy atom. The Bertz CT molecular complexity index is 2820. The van der Waals surface area contributed by atoms with Gasteiger partial charge in [0.25, 0.3) is 0 Å². The smallest absolute Gasteiger partial charge is 0.140 e. The summed E-state index contributed by atoms with van der Waals surface area (Å²) in [7, 11) is 0. The number of para-hydroxylation sites is 2. The Balaban J connectivity index is 1.11. The van der Waals surface area contributed by atoms with Crippen molar-refractivity contribution in [3.8, 4) is 44.7 Å². The van der Waals surface area contributed by atoms with E-state index >= 15 is 0 Å². The van der Waals surface area contributed by atoms with Crippen molar-refractivity contribution in [2.45, 2.75) is 5.41 Å². The molecular weight excluding hydrogens is 643 g/mol. The van der Waals surface area contributed by atoms with E-state index in [0.29, 0.717) is 0 Å². The van der Waals surface area contributed by atoms with Crippen LogP contribution in [0.3, 0.4) is 0 Å². The summed E-state index contributed by atoms with van der Waals surface area (Å²) in [5.41, 5.74) is 17.4. The molecule has 1 heterocycles. The molecule has 8 aromatic carbocycles. The van der Waals surface area contributed by atoms with E-state index in [1.54, 1.807) is 0 Å². The van der Waals surface area contributed by atoms with Crippen molar-refractivity contribution in [1.29, 1.82) is 0 Å². The van der Waals surface area contributed by atoms with Crippen LogP contribution in [-0.2, 0) is 5.41 Å². The number of benzene rings is 8. The van der Waals surface area contributed by atoms with Gasteiger partial charge in [0.15, 0.2) is 0 Å². The highest BCUT2D eigenvalue weighted by atomic mass is 16.3. The lowest BCUT2D eigenvalue weighted by molar-refractivity contribution is 0.628. The molecule has 1 spiro atoms. The topological polar surface area (TPSA) is 16.4 Å². The molecule has 53 heavy (non-hydrogen) atoms. The molecule has 2 heteroatoms. The monoisotopic (exact) mass is 675 g/mol. The lowest BCUT2D eigenvalue weighted by Gasteiger charge is -2.31. The fourth-order valence-electron chi connectivity index (χ4n) is 9.10. The van der Waals surface area contributed by atoms with Gasteiger partial charge in [-0.05, 0) is 80.9 Å². The molecule has 1 unspecified atom stereocenters. The first-order valence-corrected chi connectivity index (χ1v) is 18.3. The number of fused-ring (bicyclic) bond motifs is 12. The molecule has 11 rings (SSSR count). The van der Waals surface area contributed by atoms with Crippen LogP contribution in [0.25, 0.3) is 55.7 Å². The van der Waals surface area contributed by atoms with E-state index in [0.717, 1.165) is 28.4 Å². The van der Waals surface area contributed by atoms with Gasteiger partial charge in [0.05, 0.1) is 11.1 Å². The van der Waals surface area contributed by atoms with Crippen molar-refractivity contribution in [2.24, 2.45) is 0 Å². The molecule has 0 saturated carbocycles. The highest BCUT2D eigenvalue weighted by Gasteiger charge is 2.55. The van der Waals surface area contributed by atoms with Gasteiger partial charge in [0.2, 0.25) is 0 Å². The third-order valence-corrected chi connectivity index (χ3v) is 11.3. The average Bonchev–Trinajstić information content (AvgIpc) is 3.86. The van der Waals surface area contributed by atoms with E-state index in [2.05, 4.69) is 205 Å². The summed E-state index contributed by atoms with van der Waals surface area (Å²) in [4.78, 5) is 2.42. The number of hydrogen-bond acceptors (Lipinski definition) is 2. The second-order valence-corrected chi connectivity index (χ2v) is 14.0. The summed E-state index contributed by atoms with van der Waals surface area (Å²) in [6.07, 6.45) is 0. The maximum atomic E-state index is 6.74. The van der Waals surface area contributed by atoms with Crippen LogP contribution in [0, 0.1) is 0 Å². The van der Waals surface area contributed by atoms with Crippen LogP contribution in [0.15, 0.2) is 205 Å². The first-order valence-electron chi connectivity index (χ1n) is 18.3. The predicted molar refractivity (Wildman–Crippen MR) is 218 cm³/mol. The van der Waals surface area contributed by atoms with Gasteiger partial charge in [0, 0.05) is 33.5 Å². The van der Waals surface area contributed by atoms with Crippen LogP contribution < -0.4 is 4.90 Å². The minimum Gasteiger partial charge on any atom is -0.456 e. The lowest BCUT2D eigenvalue weighted by atomic mass is 9.70. The predicted octanol–water partition coefficient (Wildman–Crippen LogP) is 13.6. The molecule has 0 bridgehead atoms. The molecule has 1 atom stereocenters.